The lowest BCUT2D eigenvalue weighted by atomic mass is 9.94. The zero-order valence-corrected chi connectivity index (χ0v) is 9.52. The third-order valence-corrected chi connectivity index (χ3v) is 3.57. The Bertz CT molecular complexity index is 116. The van der Waals surface area contributed by atoms with Crippen molar-refractivity contribution < 1.29 is 1.43 Å². The molecule has 13 heavy (non-hydrogen) atoms. The van der Waals surface area contributed by atoms with Crippen molar-refractivity contribution in [1.29, 1.82) is 0 Å². The van der Waals surface area contributed by atoms with Crippen LogP contribution in [0.15, 0.2) is 0 Å². The summed E-state index contributed by atoms with van der Waals surface area (Å²) < 4.78 is 0. The average molecular weight is 184 g/mol. The minimum Gasteiger partial charge on any atom is -0.0654 e. The Balaban J connectivity index is 0.00000169. The van der Waals surface area contributed by atoms with Crippen LogP contribution in [-0.4, -0.2) is 0 Å². The summed E-state index contributed by atoms with van der Waals surface area (Å²) in [4.78, 5) is 0. The maximum Gasteiger partial charge on any atom is 0 e. The van der Waals surface area contributed by atoms with Crippen molar-refractivity contribution in [2.45, 2.75) is 71.6 Å². The van der Waals surface area contributed by atoms with Crippen molar-refractivity contribution in [1.82, 2.24) is 0 Å². The van der Waals surface area contributed by atoms with E-state index < -0.39 is 0 Å². The number of hydrogen-bond donors (Lipinski definition) is 0. The highest BCUT2D eigenvalue weighted by Crippen LogP contribution is 2.29. The standard InChI is InChI=1S/C13H26.H2/c1-3-7-12(2)8-6-11-13-9-4-5-10-13;/h12-13H,3-11H2,1-2H3;1H. The first-order chi connectivity index (χ1) is 6.33. The molecule has 0 heterocycles. The molecule has 1 fully saturated rings. The normalized spacial score (nSPS) is 20.8. The van der Waals surface area contributed by atoms with Gasteiger partial charge in [0, 0.05) is 1.43 Å². The molecule has 1 aliphatic rings. The molecule has 0 N–H and O–H groups in total. The van der Waals surface area contributed by atoms with Crippen LogP contribution in [0, 0.1) is 11.8 Å². The minimum atomic E-state index is 0. The molecule has 1 unspecified atom stereocenters. The van der Waals surface area contributed by atoms with Crippen molar-refractivity contribution in [2.75, 3.05) is 0 Å². The van der Waals surface area contributed by atoms with Gasteiger partial charge in [0.25, 0.3) is 0 Å². The molecular weight excluding hydrogens is 156 g/mol. The molecule has 0 amide bonds. The Morgan fingerprint density at radius 1 is 1.23 bits per heavy atom. The van der Waals surface area contributed by atoms with Crippen molar-refractivity contribution in [2.24, 2.45) is 11.8 Å². The highest BCUT2D eigenvalue weighted by molar-refractivity contribution is 4.67. The van der Waals surface area contributed by atoms with E-state index >= 15 is 0 Å². The number of rotatable bonds is 6. The van der Waals surface area contributed by atoms with Gasteiger partial charge in [-0.2, -0.15) is 0 Å². The van der Waals surface area contributed by atoms with Crippen LogP contribution in [0.3, 0.4) is 0 Å². The highest BCUT2D eigenvalue weighted by atomic mass is 14.2. The first-order valence-electron chi connectivity index (χ1n) is 6.33. The summed E-state index contributed by atoms with van der Waals surface area (Å²) in [5.74, 6) is 2.08. The molecule has 0 radical (unpaired) electrons. The molecule has 0 aromatic carbocycles. The summed E-state index contributed by atoms with van der Waals surface area (Å²) in [6.07, 6.45) is 13.4. The largest absolute Gasteiger partial charge is 0.0654 e. The fraction of sp³-hybridized carbons (Fsp3) is 1.00. The van der Waals surface area contributed by atoms with E-state index in [-0.39, 0.29) is 1.43 Å². The van der Waals surface area contributed by atoms with E-state index in [4.69, 9.17) is 0 Å². The third kappa shape index (κ3) is 4.69. The molecule has 1 atom stereocenters. The van der Waals surface area contributed by atoms with Gasteiger partial charge in [0.15, 0.2) is 0 Å². The number of hydrogen-bond acceptors (Lipinski definition) is 0. The van der Waals surface area contributed by atoms with Gasteiger partial charge in [-0.3, -0.25) is 0 Å². The van der Waals surface area contributed by atoms with E-state index in [2.05, 4.69) is 13.8 Å². The summed E-state index contributed by atoms with van der Waals surface area (Å²) in [5, 5.41) is 0. The van der Waals surface area contributed by atoms with E-state index in [0.717, 1.165) is 11.8 Å². The van der Waals surface area contributed by atoms with Crippen LogP contribution in [0.25, 0.3) is 0 Å². The average Bonchev–Trinajstić information content (AvgIpc) is 2.57. The lowest BCUT2D eigenvalue weighted by Gasteiger charge is -2.12. The molecule has 0 spiro atoms. The monoisotopic (exact) mass is 184 g/mol. The second-order valence-electron chi connectivity index (χ2n) is 4.98. The van der Waals surface area contributed by atoms with Gasteiger partial charge in [-0.15, -0.1) is 0 Å². The lowest BCUT2D eigenvalue weighted by Crippen LogP contribution is -1.97. The molecule has 0 aromatic rings. The zero-order chi connectivity index (χ0) is 9.52. The molecule has 0 aliphatic heterocycles. The van der Waals surface area contributed by atoms with Gasteiger partial charge in [0.05, 0.1) is 0 Å². The summed E-state index contributed by atoms with van der Waals surface area (Å²) >= 11 is 0. The Morgan fingerprint density at radius 3 is 2.54 bits per heavy atom. The van der Waals surface area contributed by atoms with Crippen LogP contribution in [0.1, 0.15) is 73.1 Å². The van der Waals surface area contributed by atoms with Gasteiger partial charge in [-0.25, -0.2) is 0 Å². The first kappa shape index (κ1) is 11.1. The van der Waals surface area contributed by atoms with E-state index in [0.29, 0.717) is 0 Å². The molecule has 1 aliphatic carbocycles. The summed E-state index contributed by atoms with van der Waals surface area (Å²) in [6, 6.07) is 0. The smallest absolute Gasteiger partial charge is 0 e. The van der Waals surface area contributed by atoms with Crippen LogP contribution >= 0.6 is 0 Å². The molecule has 0 aromatic heterocycles. The maximum absolute atomic E-state index is 2.41. The summed E-state index contributed by atoms with van der Waals surface area (Å²) in [7, 11) is 0. The van der Waals surface area contributed by atoms with Gasteiger partial charge < -0.3 is 0 Å². The molecule has 0 nitrogen and oxygen atoms in total. The van der Waals surface area contributed by atoms with Gasteiger partial charge in [0.1, 0.15) is 0 Å². The van der Waals surface area contributed by atoms with Gasteiger partial charge in [0.2, 0.25) is 0 Å². The molecule has 1 saturated carbocycles. The second kappa shape index (κ2) is 6.45. The quantitative estimate of drug-likeness (QED) is 0.543. The predicted octanol–water partition coefficient (Wildman–Crippen LogP) is 5.03. The molecule has 1 rings (SSSR count). The topological polar surface area (TPSA) is 0 Å². The minimum absolute atomic E-state index is 0. The van der Waals surface area contributed by atoms with Crippen molar-refractivity contribution in [3.63, 3.8) is 0 Å². The van der Waals surface area contributed by atoms with Crippen LogP contribution in [0.5, 0.6) is 0 Å². The van der Waals surface area contributed by atoms with Gasteiger partial charge in [-0.1, -0.05) is 71.6 Å². The first-order valence-corrected chi connectivity index (χ1v) is 6.33. The van der Waals surface area contributed by atoms with Crippen LogP contribution in [-0.2, 0) is 0 Å². The van der Waals surface area contributed by atoms with Crippen LogP contribution in [0.2, 0.25) is 0 Å². The predicted molar refractivity (Wildman–Crippen MR) is 62.0 cm³/mol. The van der Waals surface area contributed by atoms with Crippen molar-refractivity contribution >= 4 is 0 Å². The Morgan fingerprint density at radius 2 is 1.92 bits per heavy atom. The molecule has 0 bridgehead atoms. The molecule has 0 saturated heterocycles. The van der Waals surface area contributed by atoms with E-state index in [9.17, 15) is 0 Å². The molecule has 80 valence electrons. The maximum atomic E-state index is 2.41. The van der Waals surface area contributed by atoms with Gasteiger partial charge >= 0.3 is 0 Å². The van der Waals surface area contributed by atoms with Crippen molar-refractivity contribution in [3.8, 4) is 0 Å². The zero-order valence-electron chi connectivity index (χ0n) is 9.52. The molecule has 0 heteroatoms. The summed E-state index contributed by atoms with van der Waals surface area (Å²) in [6.45, 7) is 4.71. The van der Waals surface area contributed by atoms with E-state index in [1.807, 2.05) is 0 Å². The van der Waals surface area contributed by atoms with Crippen molar-refractivity contribution in [3.05, 3.63) is 0 Å². The fourth-order valence-corrected chi connectivity index (χ4v) is 2.69. The SMILES string of the molecule is CCCC(C)CCCC1CCCC1.[HH]. The van der Waals surface area contributed by atoms with Crippen LogP contribution in [0.4, 0.5) is 0 Å². The summed E-state index contributed by atoms with van der Waals surface area (Å²) in [5.41, 5.74) is 0. The Labute approximate surface area is 85.6 Å². The van der Waals surface area contributed by atoms with Crippen LogP contribution < -0.4 is 0 Å². The van der Waals surface area contributed by atoms with E-state index in [1.54, 1.807) is 0 Å². The third-order valence-electron chi connectivity index (χ3n) is 3.57. The highest BCUT2D eigenvalue weighted by Gasteiger charge is 2.14. The Hall–Kier alpha value is 0. The molecular formula is C13H28. The van der Waals surface area contributed by atoms with E-state index in [1.165, 1.54) is 57.8 Å². The van der Waals surface area contributed by atoms with Gasteiger partial charge in [-0.05, 0) is 11.8 Å². The second-order valence-corrected chi connectivity index (χ2v) is 4.98. The lowest BCUT2D eigenvalue weighted by molar-refractivity contribution is 0.411. The Kier molecular flexibility index (Phi) is 5.50. The fourth-order valence-electron chi connectivity index (χ4n) is 2.69.